The van der Waals surface area contributed by atoms with E-state index >= 15 is 0 Å². The number of nitrogens with zero attached hydrogens (tertiary/aromatic N) is 2. The van der Waals surface area contributed by atoms with Gasteiger partial charge in [0.25, 0.3) is 0 Å². The molecule has 0 aliphatic carbocycles. The van der Waals surface area contributed by atoms with Gasteiger partial charge in [0.2, 0.25) is 0 Å². The molecule has 0 bridgehead atoms. The monoisotopic (exact) mass is 231 g/mol. The van der Waals surface area contributed by atoms with Gasteiger partial charge in [0, 0.05) is 24.8 Å². The van der Waals surface area contributed by atoms with Crippen molar-refractivity contribution < 1.29 is 0 Å². The van der Waals surface area contributed by atoms with Crippen molar-refractivity contribution >= 4 is 12.4 Å². The van der Waals surface area contributed by atoms with Gasteiger partial charge in [0.15, 0.2) is 0 Å². The Morgan fingerprint density at radius 1 is 1.33 bits per heavy atom. The number of halogens is 1. The molecular weight excluding hydrogens is 210 g/mol. The largest absolute Gasteiger partial charge is 0.313 e. The Hall–Kier alpha value is -0.540. The Kier molecular flexibility index (Phi) is 8.43. The van der Waals surface area contributed by atoms with Gasteiger partial charge in [-0.25, -0.2) is 0 Å². The van der Waals surface area contributed by atoms with Crippen molar-refractivity contribution in [1.29, 1.82) is 0 Å². The summed E-state index contributed by atoms with van der Waals surface area (Å²) in [6, 6.07) is 0. The van der Waals surface area contributed by atoms with E-state index in [1.54, 1.807) is 0 Å². The highest BCUT2D eigenvalue weighted by atomic mass is 35.5. The van der Waals surface area contributed by atoms with E-state index < -0.39 is 0 Å². The third-order valence-electron chi connectivity index (χ3n) is 2.18. The molecule has 0 unspecified atom stereocenters. The molecule has 1 aromatic rings. The van der Waals surface area contributed by atoms with Gasteiger partial charge in [-0.05, 0) is 19.4 Å². The van der Waals surface area contributed by atoms with Crippen LogP contribution >= 0.6 is 12.4 Å². The number of unbranched alkanes of at least 4 members (excludes halogenated alkanes) is 1. The average molecular weight is 232 g/mol. The quantitative estimate of drug-likeness (QED) is 0.732. The van der Waals surface area contributed by atoms with Crippen LogP contribution in [0.25, 0.3) is 0 Å². The van der Waals surface area contributed by atoms with Crippen LogP contribution in [-0.2, 0) is 13.1 Å². The summed E-state index contributed by atoms with van der Waals surface area (Å²) < 4.78 is 2.01. The number of aryl methyl sites for hydroxylation is 1. The van der Waals surface area contributed by atoms with Crippen molar-refractivity contribution in [3.63, 3.8) is 0 Å². The highest BCUT2D eigenvalue weighted by molar-refractivity contribution is 5.85. The van der Waals surface area contributed by atoms with Crippen LogP contribution in [0.4, 0.5) is 0 Å². The van der Waals surface area contributed by atoms with Crippen LogP contribution in [0.15, 0.2) is 12.4 Å². The van der Waals surface area contributed by atoms with Crippen molar-refractivity contribution in [2.24, 2.45) is 0 Å². The summed E-state index contributed by atoms with van der Waals surface area (Å²) >= 11 is 0. The van der Waals surface area contributed by atoms with Gasteiger partial charge in [-0.15, -0.1) is 12.4 Å². The molecule has 0 saturated carbocycles. The van der Waals surface area contributed by atoms with Crippen molar-refractivity contribution in [3.05, 3.63) is 18.0 Å². The lowest BCUT2D eigenvalue weighted by Gasteiger charge is -2.00. The summed E-state index contributed by atoms with van der Waals surface area (Å²) in [6.45, 7) is 7.45. The zero-order valence-electron chi connectivity index (χ0n) is 9.70. The lowest BCUT2D eigenvalue weighted by molar-refractivity contribution is 0.600. The molecule has 1 N–H and O–H groups in total. The SMILES string of the molecule is CCCCNCc1cnn(CCC)c1.Cl. The smallest absolute Gasteiger partial charge is 0.0534 e. The minimum absolute atomic E-state index is 0. The molecule has 1 rings (SSSR count). The molecule has 1 aromatic heterocycles. The number of hydrogen-bond acceptors (Lipinski definition) is 2. The Morgan fingerprint density at radius 3 is 2.80 bits per heavy atom. The first-order chi connectivity index (χ1) is 6.86. The van der Waals surface area contributed by atoms with E-state index in [4.69, 9.17) is 0 Å². The molecule has 15 heavy (non-hydrogen) atoms. The van der Waals surface area contributed by atoms with Gasteiger partial charge in [0.1, 0.15) is 0 Å². The molecule has 0 spiro atoms. The fourth-order valence-corrected chi connectivity index (χ4v) is 1.38. The molecule has 0 aromatic carbocycles. The van der Waals surface area contributed by atoms with Gasteiger partial charge >= 0.3 is 0 Å². The zero-order chi connectivity index (χ0) is 10.2. The Balaban J connectivity index is 0.00000196. The van der Waals surface area contributed by atoms with Crippen LogP contribution in [0.1, 0.15) is 38.7 Å². The van der Waals surface area contributed by atoms with Gasteiger partial charge in [-0.1, -0.05) is 20.3 Å². The first kappa shape index (κ1) is 14.5. The van der Waals surface area contributed by atoms with Crippen molar-refractivity contribution in [2.45, 2.75) is 46.2 Å². The van der Waals surface area contributed by atoms with Gasteiger partial charge < -0.3 is 5.32 Å². The second-order valence-electron chi connectivity index (χ2n) is 3.64. The average Bonchev–Trinajstić information content (AvgIpc) is 2.61. The second kappa shape index (κ2) is 8.74. The van der Waals surface area contributed by atoms with Crippen LogP contribution in [0.2, 0.25) is 0 Å². The van der Waals surface area contributed by atoms with E-state index in [-0.39, 0.29) is 12.4 Å². The molecule has 0 radical (unpaired) electrons. The highest BCUT2D eigenvalue weighted by Crippen LogP contribution is 1.98. The van der Waals surface area contributed by atoms with Crippen LogP contribution in [0.3, 0.4) is 0 Å². The van der Waals surface area contributed by atoms with Crippen molar-refractivity contribution in [1.82, 2.24) is 15.1 Å². The molecule has 88 valence electrons. The summed E-state index contributed by atoms with van der Waals surface area (Å²) in [4.78, 5) is 0. The molecule has 0 atom stereocenters. The third-order valence-corrected chi connectivity index (χ3v) is 2.18. The molecule has 4 heteroatoms. The first-order valence-electron chi connectivity index (χ1n) is 5.58. The van der Waals surface area contributed by atoms with Crippen molar-refractivity contribution in [2.75, 3.05) is 6.54 Å². The molecule has 1 heterocycles. The molecule has 0 fully saturated rings. The summed E-state index contributed by atoms with van der Waals surface area (Å²) in [5.41, 5.74) is 1.29. The maximum absolute atomic E-state index is 4.28. The first-order valence-corrected chi connectivity index (χ1v) is 5.58. The third kappa shape index (κ3) is 5.80. The minimum atomic E-state index is 0. The number of hydrogen-bond donors (Lipinski definition) is 1. The maximum atomic E-state index is 4.28. The van der Waals surface area contributed by atoms with E-state index in [2.05, 4.69) is 30.5 Å². The topological polar surface area (TPSA) is 29.9 Å². The van der Waals surface area contributed by atoms with E-state index in [0.717, 1.165) is 26.1 Å². The number of aromatic nitrogens is 2. The van der Waals surface area contributed by atoms with Crippen LogP contribution < -0.4 is 5.32 Å². The number of rotatable bonds is 7. The van der Waals surface area contributed by atoms with Gasteiger partial charge in [0.05, 0.1) is 6.20 Å². The van der Waals surface area contributed by atoms with E-state index in [1.807, 2.05) is 10.9 Å². The summed E-state index contributed by atoms with van der Waals surface area (Å²) in [5.74, 6) is 0. The van der Waals surface area contributed by atoms with E-state index in [0.29, 0.717) is 0 Å². The Labute approximate surface area is 98.7 Å². The zero-order valence-corrected chi connectivity index (χ0v) is 10.5. The van der Waals surface area contributed by atoms with Crippen LogP contribution in [-0.4, -0.2) is 16.3 Å². The van der Waals surface area contributed by atoms with E-state index in [9.17, 15) is 0 Å². The molecule has 0 amide bonds. The predicted octanol–water partition coefficient (Wildman–Crippen LogP) is 2.60. The molecule has 0 aliphatic heterocycles. The van der Waals surface area contributed by atoms with Crippen LogP contribution in [0, 0.1) is 0 Å². The fourth-order valence-electron chi connectivity index (χ4n) is 1.38. The number of nitrogens with one attached hydrogen (secondary N) is 1. The van der Waals surface area contributed by atoms with Crippen molar-refractivity contribution in [3.8, 4) is 0 Å². The Morgan fingerprint density at radius 2 is 2.13 bits per heavy atom. The summed E-state index contributed by atoms with van der Waals surface area (Å²) in [6.07, 6.45) is 7.73. The van der Waals surface area contributed by atoms with Gasteiger partial charge in [-0.2, -0.15) is 5.10 Å². The van der Waals surface area contributed by atoms with Crippen LogP contribution in [0.5, 0.6) is 0 Å². The molecule has 0 aliphatic rings. The molecule has 0 saturated heterocycles. The highest BCUT2D eigenvalue weighted by Gasteiger charge is 1.96. The lowest BCUT2D eigenvalue weighted by Crippen LogP contribution is -2.13. The molecular formula is C11H22ClN3. The second-order valence-corrected chi connectivity index (χ2v) is 3.64. The van der Waals surface area contributed by atoms with E-state index in [1.165, 1.54) is 18.4 Å². The summed E-state index contributed by atoms with van der Waals surface area (Å²) in [7, 11) is 0. The van der Waals surface area contributed by atoms with Gasteiger partial charge in [-0.3, -0.25) is 4.68 Å². The Bertz CT molecular complexity index is 248. The lowest BCUT2D eigenvalue weighted by atomic mass is 10.3. The molecule has 3 nitrogen and oxygen atoms in total. The summed E-state index contributed by atoms with van der Waals surface area (Å²) in [5, 5.41) is 7.69. The normalized spacial score (nSPS) is 10.0. The fraction of sp³-hybridized carbons (Fsp3) is 0.727. The standard InChI is InChI=1S/C11H21N3.ClH/c1-3-5-6-12-8-11-9-13-14(10-11)7-4-2;/h9-10,12H,3-8H2,1-2H3;1H. The minimum Gasteiger partial charge on any atom is -0.313 e. The predicted molar refractivity (Wildman–Crippen MR) is 66.4 cm³/mol. The maximum Gasteiger partial charge on any atom is 0.0534 e.